The topological polar surface area (TPSA) is 24.5 Å². The van der Waals surface area contributed by atoms with Crippen LogP contribution in [0.5, 0.6) is 0 Å². The molecule has 1 atom stereocenters. The Morgan fingerprint density at radius 3 is 2.95 bits per heavy atom. The van der Waals surface area contributed by atoms with E-state index in [1.807, 2.05) is 0 Å². The van der Waals surface area contributed by atoms with Crippen molar-refractivity contribution in [3.63, 3.8) is 0 Å². The maximum Gasteiger partial charge on any atom is 0.0748 e. The zero-order chi connectivity index (χ0) is 14.5. The van der Waals surface area contributed by atoms with E-state index in [9.17, 15) is 0 Å². The van der Waals surface area contributed by atoms with Crippen LogP contribution in [0.2, 0.25) is 0 Å². The highest BCUT2D eigenvalue weighted by Gasteiger charge is 2.21. The molecule has 0 radical (unpaired) electrons. The van der Waals surface area contributed by atoms with Gasteiger partial charge < -0.3 is 15.0 Å². The first-order valence-electron chi connectivity index (χ1n) is 7.48. The van der Waals surface area contributed by atoms with Crippen LogP contribution >= 0.6 is 15.9 Å². The zero-order valence-corrected chi connectivity index (χ0v) is 14.2. The van der Waals surface area contributed by atoms with E-state index >= 15 is 0 Å². The Balaban J connectivity index is 2.16. The fourth-order valence-electron chi connectivity index (χ4n) is 2.50. The maximum absolute atomic E-state index is 5.77. The smallest absolute Gasteiger partial charge is 0.0748 e. The highest BCUT2D eigenvalue weighted by molar-refractivity contribution is 9.10. The summed E-state index contributed by atoms with van der Waals surface area (Å²) < 4.78 is 6.91. The molecule has 1 aromatic carbocycles. The standard InChI is InChI=1S/C16H25BrN2O/c1-4-15-11-19(7-8-20-15)16-6-5-14(17)9-13(16)10-18-12(2)3/h5-6,9,12,15,18H,4,7-8,10-11H2,1-3H3. The second kappa shape index (κ2) is 7.43. The first-order valence-corrected chi connectivity index (χ1v) is 8.27. The van der Waals surface area contributed by atoms with Gasteiger partial charge in [-0.2, -0.15) is 0 Å². The van der Waals surface area contributed by atoms with Crippen LogP contribution in [-0.2, 0) is 11.3 Å². The number of nitrogens with zero attached hydrogens (tertiary/aromatic N) is 1. The van der Waals surface area contributed by atoms with Gasteiger partial charge >= 0.3 is 0 Å². The molecule has 0 aromatic heterocycles. The highest BCUT2D eigenvalue weighted by Crippen LogP contribution is 2.26. The number of morpholine rings is 1. The summed E-state index contributed by atoms with van der Waals surface area (Å²) in [6.45, 7) is 10.3. The molecule has 4 heteroatoms. The molecule has 0 saturated carbocycles. The molecular weight excluding hydrogens is 316 g/mol. The summed E-state index contributed by atoms with van der Waals surface area (Å²) in [4.78, 5) is 2.46. The van der Waals surface area contributed by atoms with Gasteiger partial charge in [-0.1, -0.05) is 36.7 Å². The average Bonchev–Trinajstić information content (AvgIpc) is 2.45. The van der Waals surface area contributed by atoms with Gasteiger partial charge in [-0.3, -0.25) is 0 Å². The first-order chi connectivity index (χ1) is 9.60. The second-order valence-corrected chi connectivity index (χ2v) is 6.57. The monoisotopic (exact) mass is 340 g/mol. The predicted octanol–water partition coefficient (Wildman–Crippen LogP) is 3.56. The van der Waals surface area contributed by atoms with Crippen molar-refractivity contribution < 1.29 is 4.74 Å². The quantitative estimate of drug-likeness (QED) is 0.886. The summed E-state index contributed by atoms with van der Waals surface area (Å²) in [6.07, 6.45) is 1.44. The average molecular weight is 341 g/mol. The number of benzene rings is 1. The zero-order valence-electron chi connectivity index (χ0n) is 12.7. The van der Waals surface area contributed by atoms with Gasteiger partial charge in [-0.05, 0) is 30.2 Å². The number of anilines is 1. The van der Waals surface area contributed by atoms with Crippen LogP contribution in [0.1, 0.15) is 32.8 Å². The third kappa shape index (κ3) is 4.21. The lowest BCUT2D eigenvalue weighted by atomic mass is 10.1. The van der Waals surface area contributed by atoms with E-state index < -0.39 is 0 Å². The minimum absolute atomic E-state index is 0.360. The normalized spacial score (nSPS) is 19.6. The van der Waals surface area contributed by atoms with E-state index in [4.69, 9.17) is 4.74 Å². The van der Waals surface area contributed by atoms with Gasteiger partial charge in [0.1, 0.15) is 0 Å². The van der Waals surface area contributed by atoms with Gasteiger partial charge in [0, 0.05) is 35.8 Å². The molecule has 1 unspecified atom stereocenters. The summed E-state index contributed by atoms with van der Waals surface area (Å²) >= 11 is 3.58. The molecule has 1 aliphatic rings. The van der Waals surface area contributed by atoms with Crippen molar-refractivity contribution >= 4 is 21.6 Å². The molecule has 1 N–H and O–H groups in total. The number of ether oxygens (including phenoxy) is 1. The van der Waals surface area contributed by atoms with E-state index in [1.165, 1.54) is 11.3 Å². The van der Waals surface area contributed by atoms with Gasteiger partial charge in [-0.15, -0.1) is 0 Å². The van der Waals surface area contributed by atoms with Crippen LogP contribution in [0.3, 0.4) is 0 Å². The molecule has 0 spiro atoms. The molecule has 2 rings (SSSR count). The molecule has 0 amide bonds. The molecule has 1 saturated heterocycles. The van der Waals surface area contributed by atoms with Crippen LogP contribution in [0.4, 0.5) is 5.69 Å². The predicted molar refractivity (Wildman–Crippen MR) is 88.4 cm³/mol. The van der Waals surface area contributed by atoms with Crippen LogP contribution in [0.25, 0.3) is 0 Å². The Kier molecular flexibility index (Phi) is 5.87. The summed E-state index contributed by atoms with van der Waals surface area (Å²) in [5, 5.41) is 3.51. The van der Waals surface area contributed by atoms with E-state index in [1.54, 1.807) is 0 Å². The van der Waals surface area contributed by atoms with Crippen LogP contribution in [-0.4, -0.2) is 31.8 Å². The molecule has 1 aliphatic heterocycles. The lowest BCUT2D eigenvalue weighted by Gasteiger charge is -2.35. The lowest BCUT2D eigenvalue weighted by Crippen LogP contribution is -2.42. The Hall–Kier alpha value is -0.580. The van der Waals surface area contributed by atoms with E-state index in [-0.39, 0.29) is 0 Å². The Morgan fingerprint density at radius 2 is 2.25 bits per heavy atom. The summed E-state index contributed by atoms with van der Waals surface area (Å²) in [5.74, 6) is 0. The maximum atomic E-state index is 5.77. The summed E-state index contributed by atoms with van der Waals surface area (Å²) in [5.41, 5.74) is 2.69. The van der Waals surface area contributed by atoms with Gasteiger partial charge in [0.15, 0.2) is 0 Å². The van der Waals surface area contributed by atoms with Crippen molar-refractivity contribution in [2.45, 2.75) is 45.9 Å². The van der Waals surface area contributed by atoms with E-state index in [0.717, 1.165) is 37.1 Å². The lowest BCUT2D eigenvalue weighted by molar-refractivity contribution is 0.0384. The molecule has 3 nitrogen and oxygen atoms in total. The molecule has 1 heterocycles. The Labute approximate surface area is 130 Å². The van der Waals surface area contributed by atoms with Crippen molar-refractivity contribution in [1.29, 1.82) is 0 Å². The van der Waals surface area contributed by atoms with Crippen molar-refractivity contribution in [2.24, 2.45) is 0 Å². The third-order valence-electron chi connectivity index (χ3n) is 3.68. The SMILES string of the molecule is CCC1CN(c2ccc(Br)cc2CNC(C)C)CCO1. The number of hydrogen-bond acceptors (Lipinski definition) is 3. The van der Waals surface area contributed by atoms with E-state index in [0.29, 0.717) is 12.1 Å². The number of halogens is 1. The fraction of sp³-hybridized carbons (Fsp3) is 0.625. The van der Waals surface area contributed by atoms with E-state index in [2.05, 4.69) is 65.1 Å². The minimum Gasteiger partial charge on any atom is -0.375 e. The van der Waals surface area contributed by atoms with Crippen molar-refractivity contribution in [3.05, 3.63) is 28.2 Å². The minimum atomic E-state index is 0.360. The fourth-order valence-corrected chi connectivity index (χ4v) is 2.91. The number of hydrogen-bond donors (Lipinski definition) is 1. The van der Waals surface area contributed by atoms with Gasteiger partial charge in [0.2, 0.25) is 0 Å². The molecular formula is C16H25BrN2O. The third-order valence-corrected chi connectivity index (χ3v) is 4.17. The number of rotatable bonds is 5. The van der Waals surface area contributed by atoms with Crippen LogP contribution in [0.15, 0.2) is 22.7 Å². The van der Waals surface area contributed by atoms with Gasteiger partial charge in [-0.25, -0.2) is 0 Å². The molecule has 0 aliphatic carbocycles. The van der Waals surface area contributed by atoms with Crippen molar-refractivity contribution in [2.75, 3.05) is 24.6 Å². The molecule has 112 valence electrons. The Bertz CT molecular complexity index is 436. The Morgan fingerprint density at radius 1 is 1.45 bits per heavy atom. The molecule has 1 aromatic rings. The highest BCUT2D eigenvalue weighted by atomic mass is 79.9. The molecule has 1 fully saturated rings. The van der Waals surface area contributed by atoms with Crippen molar-refractivity contribution in [1.82, 2.24) is 5.32 Å². The first kappa shape index (κ1) is 15.8. The molecule has 0 bridgehead atoms. The van der Waals surface area contributed by atoms with Crippen LogP contribution in [0, 0.1) is 0 Å². The number of nitrogens with one attached hydrogen (secondary N) is 1. The largest absolute Gasteiger partial charge is 0.375 e. The summed E-state index contributed by atoms with van der Waals surface area (Å²) in [7, 11) is 0. The van der Waals surface area contributed by atoms with Gasteiger partial charge in [0.25, 0.3) is 0 Å². The van der Waals surface area contributed by atoms with Gasteiger partial charge in [0.05, 0.1) is 12.7 Å². The summed E-state index contributed by atoms with van der Waals surface area (Å²) in [6, 6.07) is 7.07. The van der Waals surface area contributed by atoms with Crippen molar-refractivity contribution in [3.8, 4) is 0 Å². The second-order valence-electron chi connectivity index (χ2n) is 5.66. The van der Waals surface area contributed by atoms with Crippen LogP contribution < -0.4 is 10.2 Å². The molecule has 20 heavy (non-hydrogen) atoms.